The van der Waals surface area contributed by atoms with Gasteiger partial charge >= 0.3 is 0 Å². The molecule has 2 heteroatoms. The van der Waals surface area contributed by atoms with Crippen LogP contribution in [0.4, 0.5) is 0 Å². The van der Waals surface area contributed by atoms with E-state index in [4.69, 9.17) is 10.5 Å². The van der Waals surface area contributed by atoms with Gasteiger partial charge in [-0.05, 0) is 38.2 Å². The molecule has 2 N–H and O–H groups in total. The molecule has 3 atom stereocenters. The van der Waals surface area contributed by atoms with E-state index in [1.54, 1.807) is 0 Å². The van der Waals surface area contributed by atoms with Crippen molar-refractivity contribution in [3.05, 3.63) is 35.4 Å². The van der Waals surface area contributed by atoms with Crippen molar-refractivity contribution in [1.82, 2.24) is 0 Å². The molecule has 0 aliphatic carbocycles. The smallest absolute Gasteiger partial charge is 0.0652 e. The molecule has 0 saturated carbocycles. The number of nitrogens with two attached hydrogens (primary N) is 1. The third-order valence-electron chi connectivity index (χ3n) is 4.47. The van der Waals surface area contributed by atoms with E-state index >= 15 is 0 Å². The average Bonchev–Trinajstić information content (AvgIpc) is 2.89. The number of rotatable bonds is 3. The molecule has 0 spiro atoms. The predicted molar refractivity (Wildman–Crippen MR) is 68.9 cm³/mol. The Labute approximate surface area is 103 Å². The van der Waals surface area contributed by atoms with Gasteiger partial charge in [0.1, 0.15) is 0 Å². The Hall–Kier alpha value is -0.860. The van der Waals surface area contributed by atoms with E-state index in [0.717, 1.165) is 19.4 Å². The summed E-state index contributed by atoms with van der Waals surface area (Å²) in [6, 6.07) is 8.79. The number of ether oxygens (including phenoxy) is 1. The maximum Gasteiger partial charge on any atom is 0.0652 e. The van der Waals surface area contributed by atoms with Gasteiger partial charge in [0.25, 0.3) is 0 Å². The van der Waals surface area contributed by atoms with Crippen molar-refractivity contribution in [3.8, 4) is 0 Å². The summed E-state index contributed by atoms with van der Waals surface area (Å²) in [5, 5.41) is 0. The summed E-state index contributed by atoms with van der Waals surface area (Å²) in [7, 11) is 0. The second-order valence-corrected chi connectivity index (χ2v) is 5.76. The quantitative estimate of drug-likeness (QED) is 0.867. The van der Waals surface area contributed by atoms with Crippen LogP contribution in [0.15, 0.2) is 24.3 Å². The van der Waals surface area contributed by atoms with Crippen LogP contribution in [-0.2, 0) is 11.2 Å². The van der Waals surface area contributed by atoms with E-state index in [9.17, 15) is 0 Å². The molecule has 3 unspecified atom stereocenters. The highest BCUT2D eigenvalue weighted by atomic mass is 16.5. The fraction of sp³-hybridized carbons (Fsp3) is 0.600. The minimum absolute atomic E-state index is 0.205. The van der Waals surface area contributed by atoms with Crippen LogP contribution in [0.2, 0.25) is 0 Å². The molecule has 2 saturated heterocycles. The summed E-state index contributed by atoms with van der Waals surface area (Å²) in [5.41, 5.74) is 9.01. The molecule has 0 amide bonds. The van der Waals surface area contributed by atoms with Crippen LogP contribution >= 0.6 is 0 Å². The van der Waals surface area contributed by atoms with E-state index < -0.39 is 0 Å². The maximum absolute atomic E-state index is 6.06. The fourth-order valence-corrected chi connectivity index (χ4v) is 3.59. The summed E-state index contributed by atoms with van der Waals surface area (Å²) in [6.45, 7) is 2.90. The Morgan fingerprint density at radius 3 is 2.88 bits per heavy atom. The molecule has 2 fully saturated rings. The molecule has 1 aromatic carbocycles. The molecule has 17 heavy (non-hydrogen) atoms. The minimum Gasteiger partial charge on any atom is -0.374 e. The minimum atomic E-state index is 0.205. The lowest BCUT2D eigenvalue weighted by Crippen LogP contribution is -2.41. The van der Waals surface area contributed by atoms with E-state index in [2.05, 4.69) is 31.2 Å². The second kappa shape index (κ2) is 4.11. The van der Waals surface area contributed by atoms with E-state index in [1.807, 2.05) is 0 Å². The summed E-state index contributed by atoms with van der Waals surface area (Å²) in [4.78, 5) is 0. The van der Waals surface area contributed by atoms with Crippen LogP contribution in [0.25, 0.3) is 0 Å². The number of fused-ring (bicyclic) bond motifs is 2. The normalized spacial score (nSPS) is 35.4. The first-order valence-electron chi connectivity index (χ1n) is 6.63. The van der Waals surface area contributed by atoms with Gasteiger partial charge in [0.15, 0.2) is 0 Å². The lowest BCUT2D eigenvalue weighted by Gasteiger charge is -2.34. The first kappa shape index (κ1) is 11.2. The van der Waals surface area contributed by atoms with E-state index in [1.165, 1.54) is 24.0 Å². The maximum atomic E-state index is 6.06. The van der Waals surface area contributed by atoms with Crippen molar-refractivity contribution in [2.75, 3.05) is 6.54 Å². The molecular weight excluding hydrogens is 210 g/mol. The third-order valence-corrected chi connectivity index (χ3v) is 4.47. The van der Waals surface area contributed by atoms with Gasteiger partial charge < -0.3 is 10.5 Å². The van der Waals surface area contributed by atoms with Gasteiger partial charge in [-0.25, -0.2) is 0 Å². The van der Waals surface area contributed by atoms with Crippen molar-refractivity contribution in [1.29, 1.82) is 0 Å². The molecule has 2 bridgehead atoms. The highest BCUT2D eigenvalue weighted by Crippen LogP contribution is 2.48. The molecule has 1 aromatic rings. The SMILES string of the molecule is Cc1cccc(CC2(CN)CC3CCC2O3)c1. The third kappa shape index (κ3) is 1.90. The zero-order valence-corrected chi connectivity index (χ0v) is 10.5. The Morgan fingerprint density at radius 1 is 1.41 bits per heavy atom. The van der Waals surface area contributed by atoms with Gasteiger partial charge in [-0.1, -0.05) is 29.8 Å². The molecule has 2 heterocycles. The molecule has 2 aliphatic rings. The first-order chi connectivity index (χ1) is 8.22. The van der Waals surface area contributed by atoms with Crippen molar-refractivity contribution in [3.63, 3.8) is 0 Å². The van der Waals surface area contributed by atoms with Crippen molar-refractivity contribution in [2.24, 2.45) is 11.1 Å². The highest BCUT2D eigenvalue weighted by molar-refractivity contribution is 5.24. The van der Waals surface area contributed by atoms with Gasteiger partial charge in [-0.15, -0.1) is 0 Å². The van der Waals surface area contributed by atoms with Crippen molar-refractivity contribution in [2.45, 2.75) is 44.8 Å². The Morgan fingerprint density at radius 2 is 2.29 bits per heavy atom. The molecule has 92 valence electrons. The zero-order chi connectivity index (χ0) is 11.9. The van der Waals surface area contributed by atoms with E-state index in [-0.39, 0.29) is 5.41 Å². The van der Waals surface area contributed by atoms with Crippen LogP contribution in [-0.4, -0.2) is 18.8 Å². The van der Waals surface area contributed by atoms with Gasteiger partial charge in [-0.3, -0.25) is 0 Å². The Bertz CT molecular complexity index is 417. The van der Waals surface area contributed by atoms with Crippen LogP contribution in [0.3, 0.4) is 0 Å². The van der Waals surface area contributed by atoms with Gasteiger partial charge in [0, 0.05) is 12.0 Å². The van der Waals surface area contributed by atoms with Gasteiger partial charge in [0.05, 0.1) is 12.2 Å². The molecule has 0 radical (unpaired) electrons. The Kier molecular flexibility index (Phi) is 2.72. The predicted octanol–water partition coefficient (Wildman–Crippen LogP) is 2.43. The fourth-order valence-electron chi connectivity index (χ4n) is 3.59. The number of aryl methyl sites for hydroxylation is 1. The zero-order valence-electron chi connectivity index (χ0n) is 10.5. The summed E-state index contributed by atoms with van der Waals surface area (Å²) in [5.74, 6) is 0. The summed E-state index contributed by atoms with van der Waals surface area (Å²) < 4.78 is 6.00. The largest absolute Gasteiger partial charge is 0.374 e. The molecular formula is C15H21NO. The molecule has 2 aliphatic heterocycles. The standard InChI is InChI=1S/C15H21NO/c1-11-3-2-4-12(7-11)8-15(10-16)9-13-5-6-14(15)17-13/h2-4,7,13-14H,5-6,8-10,16H2,1H3. The monoisotopic (exact) mass is 231 g/mol. The van der Waals surface area contributed by atoms with Gasteiger partial charge in [-0.2, -0.15) is 0 Å². The number of hydrogen-bond donors (Lipinski definition) is 1. The molecule has 3 rings (SSSR count). The van der Waals surface area contributed by atoms with Crippen LogP contribution in [0.1, 0.15) is 30.4 Å². The summed E-state index contributed by atoms with van der Waals surface area (Å²) in [6.07, 6.45) is 5.55. The molecule has 2 nitrogen and oxygen atoms in total. The number of benzene rings is 1. The van der Waals surface area contributed by atoms with Crippen LogP contribution < -0.4 is 5.73 Å². The first-order valence-corrected chi connectivity index (χ1v) is 6.63. The topological polar surface area (TPSA) is 35.2 Å². The van der Waals surface area contributed by atoms with Crippen LogP contribution in [0.5, 0.6) is 0 Å². The average molecular weight is 231 g/mol. The Balaban J connectivity index is 1.83. The van der Waals surface area contributed by atoms with Crippen molar-refractivity contribution >= 4 is 0 Å². The highest BCUT2D eigenvalue weighted by Gasteiger charge is 2.51. The van der Waals surface area contributed by atoms with E-state index in [0.29, 0.717) is 12.2 Å². The lowest BCUT2D eigenvalue weighted by atomic mass is 9.70. The van der Waals surface area contributed by atoms with Crippen molar-refractivity contribution < 1.29 is 4.74 Å². The second-order valence-electron chi connectivity index (χ2n) is 5.76. The number of hydrogen-bond acceptors (Lipinski definition) is 2. The molecule has 0 aromatic heterocycles. The van der Waals surface area contributed by atoms with Gasteiger partial charge in [0.2, 0.25) is 0 Å². The lowest BCUT2D eigenvalue weighted by molar-refractivity contribution is 0.0636. The summed E-state index contributed by atoms with van der Waals surface area (Å²) >= 11 is 0. The van der Waals surface area contributed by atoms with Crippen LogP contribution in [0, 0.1) is 12.3 Å².